The minimum atomic E-state index is -0.435. The maximum absolute atomic E-state index is 13.1. The van der Waals surface area contributed by atoms with E-state index in [1.165, 1.54) is 48.8 Å². The number of anilines is 1. The van der Waals surface area contributed by atoms with E-state index in [-0.39, 0.29) is 11.5 Å². The van der Waals surface area contributed by atoms with Gasteiger partial charge in [-0.25, -0.2) is 4.39 Å². The number of hydrogen-bond donors (Lipinski definition) is 1. The number of halogens is 1. The van der Waals surface area contributed by atoms with Crippen molar-refractivity contribution in [2.75, 3.05) is 18.4 Å². The molecule has 1 fully saturated rings. The van der Waals surface area contributed by atoms with E-state index in [1.807, 2.05) is 0 Å². The number of benzene rings is 1. The number of likely N-dealkylation sites (tertiary alicyclic amines) is 1. The van der Waals surface area contributed by atoms with Crippen molar-refractivity contribution in [3.63, 3.8) is 0 Å². The highest BCUT2D eigenvalue weighted by Gasteiger charge is 2.15. The Labute approximate surface area is 132 Å². The summed E-state index contributed by atoms with van der Waals surface area (Å²) in [5, 5.41) is 12.1. The van der Waals surface area contributed by atoms with Crippen molar-refractivity contribution in [1.29, 1.82) is 0 Å². The summed E-state index contributed by atoms with van der Waals surface area (Å²) in [4.78, 5) is 14.4. The molecule has 2 aromatic rings. The number of rotatable bonds is 4. The van der Waals surface area contributed by atoms with Crippen LogP contribution in [0.1, 0.15) is 34.6 Å². The van der Waals surface area contributed by atoms with Crippen LogP contribution in [0.15, 0.2) is 24.3 Å². The summed E-state index contributed by atoms with van der Waals surface area (Å²) in [5.74, 6) is -0.809. The van der Waals surface area contributed by atoms with Crippen molar-refractivity contribution in [1.82, 2.24) is 15.1 Å². The van der Waals surface area contributed by atoms with Crippen molar-refractivity contribution < 1.29 is 9.18 Å². The Morgan fingerprint density at radius 2 is 2.09 bits per heavy atom. The lowest BCUT2D eigenvalue weighted by Crippen LogP contribution is -2.28. The molecule has 1 aliphatic heterocycles. The highest BCUT2D eigenvalue weighted by Crippen LogP contribution is 2.20. The molecule has 7 heteroatoms. The van der Waals surface area contributed by atoms with Gasteiger partial charge in [-0.2, -0.15) is 0 Å². The first-order chi connectivity index (χ1) is 10.7. The molecule has 1 saturated heterocycles. The molecule has 1 aliphatic rings. The third-order valence-corrected chi connectivity index (χ3v) is 4.41. The van der Waals surface area contributed by atoms with Crippen LogP contribution in [0.3, 0.4) is 0 Å². The largest absolute Gasteiger partial charge is 0.297 e. The summed E-state index contributed by atoms with van der Waals surface area (Å²) >= 11 is 1.36. The van der Waals surface area contributed by atoms with Gasteiger partial charge in [-0.05, 0) is 44.1 Å². The number of aromatic nitrogens is 2. The lowest BCUT2D eigenvalue weighted by atomic mass is 10.1. The van der Waals surface area contributed by atoms with Crippen molar-refractivity contribution >= 4 is 22.4 Å². The van der Waals surface area contributed by atoms with Crippen LogP contribution in [0.2, 0.25) is 0 Å². The predicted molar refractivity (Wildman–Crippen MR) is 83.4 cm³/mol. The second-order valence-corrected chi connectivity index (χ2v) is 6.36. The second-order valence-electron chi connectivity index (χ2n) is 5.30. The third kappa shape index (κ3) is 3.86. The highest BCUT2D eigenvalue weighted by atomic mass is 32.1. The van der Waals surface area contributed by atoms with Crippen LogP contribution in [-0.4, -0.2) is 34.1 Å². The Bertz CT molecular complexity index is 654. The molecule has 2 heterocycles. The molecule has 0 atom stereocenters. The Balaban J connectivity index is 1.60. The number of nitrogens with one attached hydrogen (secondary N) is 1. The molecule has 5 nitrogen and oxygen atoms in total. The first-order valence-electron chi connectivity index (χ1n) is 7.32. The fourth-order valence-electron chi connectivity index (χ4n) is 2.48. The molecule has 1 N–H and O–H groups in total. The monoisotopic (exact) mass is 320 g/mol. The molecule has 0 unspecified atom stereocenters. The standard InChI is InChI=1S/C15H17FN4OS/c16-12-6-4-5-11(9-12)14(21)17-15-19-18-13(22-15)10-20-7-2-1-3-8-20/h4-6,9H,1-3,7-8,10H2,(H,17,19,21). The summed E-state index contributed by atoms with van der Waals surface area (Å²) in [6.07, 6.45) is 3.74. The number of hydrogen-bond acceptors (Lipinski definition) is 5. The smallest absolute Gasteiger partial charge is 0.257 e. The van der Waals surface area contributed by atoms with Gasteiger partial charge in [-0.1, -0.05) is 23.8 Å². The molecule has 1 aromatic carbocycles. The Morgan fingerprint density at radius 1 is 1.27 bits per heavy atom. The maximum Gasteiger partial charge on any atom is 0.257 e. The molecule has 1 amide bonds. The van der Waals surface area contributed by atoms with Gasteiger partial charge in [0.2, 0.25) is 5.13 Å². The Hall–Kier alpha value is -1.86. The zero-order valence-electron chi connectivity index (χ0n) is 12.1. The van der Waals surface area contributed by atoms with Crippen LogP contribution in [-0.2, 0) is 6.54 Å². The van der Waals surface area contributed by atoms with Crippen LogP contribution in [0.4, 0.5) is 9.52 Å². The second kappa shape index (κ2) is 6.93. The molecule has 1 aromatic heterocycles. The average Bonchev–Trinajstić information content (AvgIpc) is 2.95. The van der Waals surface area contributed by atoms with E-state index in [9.17, 15) is 9.18 Å². The summed E-state index contributed by atoms with van der Waals surface area (Å²) in [6.45, 7) is 2.95. The van der Waals surface area contributed by atoms with Crippen LogP contribution in [0, 0.1) is 5.82 Å². The minimum absolute atomic E-state index is 0.271. The molecule has 0 radical (unpaired) electrons. The van der Waals surface area contributed by atoms with Crippen molar-refractivity contribution in [2.45, 2.75) is 25.8 Å². The zero-order valence-corrected chi connectivity index (χ0v) is 12.9. The van der Waals surface area contributed by atoms with Crippen molar-refractivity contribution in [3.05, 3.63) is 40.7 Å². The summed E-state index contributed by atoms with van der Waals surface area (Å²) in [6, 6.07) is 5.57. The SMILES string of the molecule is O=C(Nc1nnc(CN2CCCCC2)s1)c1cccc(F)c1. The van der Waals surface area contributed by atoms with E-state index in [2.05, 4.69) is 20.4 Å². The van der Waals surface area contributed by atoms with E-state index < -0.39 is 5.82 Å². The first-order valence-corrected chi connectivity index (χ1v) is 8.14. The van der Waals surface area contributed by atoms with E-state index >= 15 is 0 Å². The number of carbonyl (C=O) groups excluding carboxylic acids is 1. The van der Waals surface area contributed by atoms with Crippen molar-refractivity contribution in [2.24, 2.45) is 0 Å². The molecule has 0 saturated carbocycles. The molecular formula is C15H17FN4OS. The topological polar surface area (TPSA) is 58.1 Å². The van der Waals surface area contributed by atoms with Gasteiger partial charge in [-0.3, -0.25) is 15.0 Å². The lowest BCUT2D eigenvalue weighted by Gasteiger charge is -2.24. The van der Waals surface area contributed by atoms with Gasteiger partial charge in [0.25, 0.3) is 5.91 Å². The normalized spacial score (nSPS) is 15.7. The van der Waals surface area contributed by atoms with Crippen LogP contribution in [0.25, 0.3) is 0 Å². The van der Waals surface area contributed by atoms with Crippen LogP contribution >= 0.6 is 11.3 Å². The number of amides is 1. The Morgan fingerprint density at radius 3 is 2.86 bits per heavy atom. The van der Waals surface area contributed by atoms with Crippen LogP contribution in [0.5, 0.6) is 0 Å². The highest BCUT2D eigenvalue weighted by molar-refractivity contribution is 7.15. The van der Waals surface area contributed by atoms with Gasteiger partial charge < -0.3 is 0 Å². The quantitative estimate of drug-likeness (QED) is 0.941. The van der Waals surface area contributed by atoms with E-state index in [0.717, 1.165) is 24.6 Å². The maximum atomic E-state index is 13.1. The number of nitrogens with zero attached hydrogens (tertiary/aromatic N) is 3. The average molecular weight is 320 g/mol. The molecule has 0 aliphatic carbocycles. The van der Waals surface area contributed by atoms with Gasteiger partial charge >= 0.3 is 0 Å². The van der Waals surface area contributed by atoms with E-state index in [1.54, 1.807) is 6.07 Å². The number of carbonyl (C=O) groups is 1. The molecule has 116 valence electrons. The third-order valence-electron chi connectivity index (χ3n) is 3.58. The molecular weight excluding hydrogens is 303 g/mol. The van der Waals surface area contributed by atoms with Gasteiger partial charge in [0.1, 0.15) is 10.8 Å². The predicted octanol–water partition coefficient (Wildman–Crippen LogP) is 2.92. The summed E-state index contributed by atoms with van der Waals surface area (Å²) in [7, 11) is 0. The molecule has 3 rings (SSSR count). The lowest BCUT2D eigenvalue weighted by molar-refractivity contribution is 0.102. The van der Waals surface area contributed by atoms with E-state index in [0.29, 0.717) is 5.13 Å². The van der Waals surface area contributed by atoms with Gasteiger partial charge in [-0.15, -0.1) is 10.2 Å². The van der Waals surface area contributed by atoms with Gasteiger partial charge in [0, 0.05) is 5.56 Å². The van der Waals surface area contributed by atoms with Gasteiger partial charge in [0.05, 0.1) is 6.54 Å². The summed E-state index contributed by atoms with van der Waals surface area (Å²) < 4.78 is 13.1. The van der Waals surface area contributed by atoms with Crippen LogP contribution < -0.4 is 5.32 Å². The van der Waals surface area contributed by atoms with Gasteiger partial charge in [0.15, 0.2) is 0 Å². The number of piperidine rings is 1. The zero-order chi connectivity index (χ0) is 15.4. The first kappa shape index (κ1) is 15.1. The summed E-state index contributed by atoms with van der Waals surface area (Å²) in [5.41, 5.74) is 0.271. The molecule has 0 bridgehead atoms. The van der Waals surface area contributed by atoms with Crippen molar-refractivity contribution in [3.8, 4) is 0 Å². The van der Waals surface area contributed by atoms with E-state index in [4.69, 9.17) is 0 Å². The molecule has 22 heavy (non-hydrogen) atoms. The molecule has 0 spiro atoms. The fraction of sp³-hybridized carbons (Fsp3) is 0.400. The fourth-order valence-corrected chi connectivity index (χ4v) is 3.25. The Kier molecular flexibility index (Phi) is 4.74. The minimum Gasteiger partial charge on any atom is -0.297 e.